The number of nitrogens with two attached hydrogens (primary N) is 2. The van der Waals surface area contributed by atoms with Crippen LogP contribution in [-0.2, 0) is 11.4 Å². The highest BCUT2D eigenvalue weighted by Gasteiger charge is 2.08. The molecule has 0 aliphatic rings. The molecule has 0 aromatic carbocycles. The van der Waals surface area contributed by atoms with E-state index in [4.69, 9.17) is 11.6 Å². The van der Waals surface area contributed by atoms with E-state index in [2.05, 4.69) is 25.1 Å². The van der Waals surface area contributed by atoms with Gasteiger partial charge in [-0.2, -0.15) is 0 Å². The summed E-state index contributed by atoms with van der Waals surface area (Å²) in [6.07, 6.45) is 3.18. The fourth-order valence-electron chi connectivity index (χ4n) is 1.52. The van der Waals surface area contributed by atoms with Crippen molar-refractivity contribution < 1.29 is 4.84 Å². The number of fused-ring (bicyclic) bond motifs is 1. The summed E-state index contributed by atoms with van der Waals surface area (Å²) in [5.41, 5.74) is 6.90. The zero-order chi connectivity index (χ0) is 12.1. The van der Waals surface area contributed by atoms with E-state index in [1.165, 1.54) is 6.33 Å². The van der Waals surface area contributed by atoms with Crippen molar-refractivity contribution in [3.8, 4) is 0 Å². The highest BCUT2D eigenvalue weighted by molar-refractivity contribution is 5.82. The maximum atomic E-state index is 5.43. The van der Waals surface area contributed by atoms with Crippen molar-refractivity contribution in [1.29, 1.82) is 0 Å². The first-order valence-electron chi connectivity index (χ1n) is 5.28. The Morgan fingerprint density at radius 1 is 1.35 bits per heavy atom. The van der Waals surface area contributed by atoms with Crippen LogP contribution in [-0.4, -0.2) is 39.2 Å². The van der Waals surface area contributed by atoms with Crippen LogP contribution in [0.2, 0.25) is 0 Å². The number of hydrogen-bond donors (Lipinski definition) is 3. The molecule has 0 saturated carbocycles. The minimum absolute atomic E-state index is 0.404. The van der Waals surface area contributed by atoms with E-state index in [-0.39, 0.29) is 0 Å². The van der Waals surface area contributed by atoms with Gasteiger partial charge in [0.2, 0.25) is 0 Å². The molecule has 0 fully saturated rings. The van der Waals surface area contributed by atoms with E-state index in [1.54, 1.807) is 6.33 Å². The maximum Gasteiger partial charge on any atom is 0.165 e. The number of rotatable bonds is 6. The molecule has 2 aromatic heterocycles. The molecular weight excluding hydrogens is 222 g/mol. The van der Waals surface area contributed by atoms with Crippen molar-refractivity contribution in [3.05, 3.63) is 12.7 Å². The van der Waals surface area contributed by atoms with Crippen molar-refractivity contribution >= 4 is 17.0 Å². The summed E-state index contributed by atoms with van der Waals surface area (Å²) in [7, 11) is 0. The van der Waals surface area contributed by atoms with Gasteiger partial charge < -0.3 is 20.5 Å². The first-order chi connectivity index (χ1) is 8.36. The zero-order valence-corrected chi connectivity index (χ0v) is 9.33. The van der Waals surface area contributed by atoms with Crippen LogP contribution in [0.5, 0.6) is 0 Å². The molecular formula is C9H15N7O. The third-order valence-electron chi connectivity index (χ3n) is 2.29. The van der Waals surface area contributed by atoms with Crippen LogP contribution >= 0.6 is 0 Å². The lowest BCUT2D eigenvalue weighted by molar-refractivity contribution is 0.130. The van der Waals surface area contributed by atoms with Crippen LogP contribution in [0.25, 0.3) is 11.2 Å². The Labute approximate surface area is 97.9 Å². The van der Waals surface area contributed by atoms with Crippen molar-refractivity contribution in [3.63, 3.8) is 0 Å². The number of nitrogens with one attached hydrogen (secondary N) is 1. The number of aromatic nitrogens is 4. The monoisotopic (exact) mass is 237 g/mol. The zero-order valence-electron chi connectivity index (χ0n) is 9.33. The number of imidazole rings is 1. The molecule has 0 aliphatic heterocycles. The van der Waals surface area contributed by atoms with Gasteiger partial charge in [0.15, 0.2) is 11.5 Å². The van der Waals surface area contributed by atoms with Gasteiger partial charge in [-0.05, 0) is 0 Å². The minimum Gasteiger partial charge on any atom is -0.367 e. The summed E-state index contributed by atoms with van der Waals surface area (Å²) >= 11 is 0. The molecule has 8 nitrogen and oxygen atoms in total. The van der Waals surface area contributed by atoms with Crippen LogP contribution in [0.1, 0.15) is 0 Å². The second-order valence-electron chi connectivity index (χ2n) is 3.42. The van der Waals surface area contributed by atoms with E-state index >= 15 is 0 Å². The van der Waals surface area contributed by atoms with Crippen molar-refractivity contribution in [2.24, 2.45) is 11.6 Å². The Bertz CT molecular complexity index is 483. The maximum absolute atomic E-state index is 5.43. The van der Waals surface area contributed by atoms with Gasteiger partial charge in [-0.15, -0.1) is 0 Å². The standard InChI is InChI=1S/C9H15N7O/c10-1-2-12-8-7-9(14-5-13-8)16(6-15-7)3-4-17-11/h5-6H,1-4,10-11H2,(H,12,13,14). The van der Waals surface area contributed by atoms with Gasteiger partial charge in [0.25, 0.3) is 0 Å². The van der Waals surface area contributed by atoms with Crippen LogP contribution in [0.3, 0.4) is 0 Å². The highest BCUT2D eigenvalue weighted by Crippen LogP contribution is 2.16. The normalized spacial score (nSPS) is 10.9. The van der Waals surface area contributed by atoms with Crippen molar-refractivity contribution in [1.82, 2.24) is 19.5 Å². The Kier molecular flexibility index (Phi) is 3.81. The summed E-state index contributed by atoms with van der Waals surface area (Å²) < 4.78 is 1.86. The van der Waals surface area contributed by atoms with Gasteiger partial charge >= 0.3 is 0 Å². The number of nitrogens with zero attached hydrogens (tertiary/aromatic N) is 4. The third kappa shape index (κ3) is 2.49. The summed E-state index contributed by atoms with van der Waals surface area (Å²) in [6.45, 7) is 2.18. The SMILES string of the molecule is NCCNc1ncnc2c1ncn2CCON. The molecule has 0 atom stereocenters. The quantitative estimate of drug-likeness (QED) is 0.556. The molecule has 0 spiro atoms. The van der Waals surface area contributed by atoms with Crippen LogP contribution in [0, 0.1) is 0 Å². The predicted molar refractivity (Wildman–Crippen MR) is 63.0 cm³/mol. The molecule has 5 N–H and O–H groups in total. The predicted octanol–water partition coefficient (Wildman–Crippen LogP) is -0.913. The van der Waals surface area contributed by atoms with E-state index in [1.807, 2.05) is 4.57 Å². The highest BCUT2D eigenvalue weighted by atomic mass is 16.6. The molecule has 0 unspecified atom stereocenters. The van der Waals surface area contributed by atoms with Crippen LogP contribution in [0.15, 0.2) is 12.7 Å². The van der Waals surface area contributed by atoms with Gasteiger partial charge in [0.1, 0.15) is 11.8 Å². The Morgan fingerprint density at radius 2 is 2.24 bits per heavy atom. The summed E-state index contributed by atoms with van der Waals surface area (Å²) in [5, 5.41) is 3.10. The average Bonchev–Trinajstić information content (AvgIpc) is 2.77. The third-order valence-corrected chi connectivity index (χ3v) is 2.29. The Balaban J connectivity index is 2.28. The summed E-state index contributed by atoms with van der Waals surface area (Å²) in [6, 6.07) is 0. The number of anilines is 1. The first-order valence-corrected chi connectivity index (χ1v) is 5.28. The fourth-order valence-corrected chi connectivity index (χ4v) is 1.52. The largest absolute Gasteiger partial charge is 0.367 e. The topological polar surface area (TPSA) is 117 Å². The number of hydrogen-bond acceptors (Lipinski definition) is 7. The van der Waals surface area contributed by atoms with Gasteiger partial charge in [-0.25, -0.2) is 20.8 Å². The Hall–Kier alpha value is -1.77. The van der Waals surface area contributed by atoms with Crippen LogP contribution in [0.4, 0.5) is 5.82 Å². The van der Waals surface area contributed by atoms with Gasteiger partial charge in [-0.3, -0.25) is 0 Å². The molecule has 0 bridgehead atoms. The molecule has 2 aromatic rings. The fraction of sp³-hybridized carbons (Fsp3) is 0.444. The smallest absolute Gasteiger partial charge is 0.165 e. The molecule has 2 rings (SSSR count). The Morgan fingerprint density at radius 3 is 3.00 bits per heavy atom. The van der Waals surface area contributed by atoms with E-state index in [0.717, 1.165) is 11.2 Å². The lowest BCUT2D eigenvalue weighted by Crippen LogP contribution is -2.14. The lowest BCUT2D eigenvalue weighted by Gasteiger charge is -2.04. The summed E-state index contributed by atoms with van der Waals surface area (Å²) in [4.78, 5) is 17.1. The molecule has 0 saturated heterocycles. The van der Waals surface area contributed by atoms with Crippen LogP contribution < -0.4 is 16.9 Å². The molecule has 92 valence electrons. The van der Waals surface area contributed by atoms with E-state index in [9.17, 15) is 0 Å². The second-order valence-corrected chi connectivity index (χ2v) is 3.42. The first kappa shape index (κ1) is 11.7. The van der Waals surface area contributed by atoms with Gasteiger partial charge in [0.05, 0.1) is 19.5 Å². The van der Waals surface area contributed by atoms with Gasteiger partial charge in [-0.1, -0.05) is 0 Å². The lowest BCUT2D eigenvalue weighted by atomic mass is 10.4. The summed E-state index contributed by atoms with van der Waals surface area (Å²) in [5.74, 6) is 5.68. The molecule has 0 radical (unpaired) electrons. The molecule has 8 heteroatoms. The van der Waals surface area contributed by atoms with E-state index in [0.29, 0.717) is 32.1 Å². The molecule has 17 heavy (non-hydrogen) atoms. The minimum atomic E-state index is 0.404. The second kappa shape index (κ2) is 5.53. The average molecular weight is 237 g/mol. The van der Waals surface area contributed by atoms with Crippen molar-refractivity contribution in [2.75, 3.05) is 25.0 Å². The molecule has 0 amide bonds. The molecule has 0 aliphatic carbocycles. The van der Waals surface area contributed by atoms with E-state index < -0.39 is 0 Å². The van der Waals surface area contributed by atoms with Gasteiger partial charge in [0, 0.05) is 13.1 Å². The molecule has 2 heterocycles. The van der Waals surface area contributed by atoms with Crippen molar-refractivity contribution in [2.45, 2.75) is 6.54 Å².